The van der Waals surface area contributed by atoms with Crippen molar-refractivity contribution < 1.29 is 13.2 Å². The van der Waals surface area contributed by atoms with E-state index in [4.69, 9.17) is 0 Å². The van der Waals surface area contributed by atoms with Crippen LogP contribution >= 0.6 is 0 Å². The van der Waals surface area contributed by atoms with E-state index in [0.29, 0.717) is 32.2 Å². The molecular weight excluding hydrogens is 254 g/mol. The van der Waals surface area contributed by atoms with Crippen LogP contribution in [0.2, 0.25) is 0 Å². The summed E-state index contributed by atoms with van der Waals surface area (Å²) in [5.74, 6) is 0.209. The smallest absolute Gasteiger partial charge is 0.259 e. The number of imidazole rings is 1. The monoisotopic (exact) mass is 271 g/mol. The zero-order valence-corrected chi connectivity index (χ0v) is 11.1. The van der Waals surface area contributed by atoms with Crippen LogP contribution < -0.4 is 4.72 Å². The van der Waals surface area contributed by atoms with E-state index >= 15 is 0 Å². The van der Waals surface area contributed by atoms with Gasteiger partial charge in [-0.15, -0.1) is 0 Å². The molecule has 1 aromatic rings. The zero-order valence-electron chi connectivity index (χ0n) is 10.3. The van der Waals surface area contributed by atoms with Gasteiger partial charge in [0.15, 0.2) is 5.03 Å². The summed E-state index contributed by atoms with van der Waals surface area (Å²) in [7, 11) is -3.56. The Morgan fingerprint density at radius 3 is 2.67 bits per heavy atom. The highest BCUT2D eigenvalue weighted by Crippen LogP contribution is 2.17. The largest absolute Gasteiger partial charge is 0.336 e. The normalized spacial score (nSPS) is 18.2. The number of Topliss-reactive ketones (excluding diaryl/α,β-unsaturated/α-hetero) is 1. The Bertz CT molecular complexity index is 525. The van der Waals surface area contributed by atoms with E-state index in [9.17, 15) is 13.2 Å². The molecule has 6 nitrogen and oxygen atoms in total. The summed E-state index contributed by atoms with van der Waals surface area (Å²) in [5, 5.41) is 0.0428. The fourth-order valence-electron chi connectivity index (χ4n) is 1.99. The summed E-state index contributed by atoms with van der Waals surface area (Å²) in [5.41, 5.74) is 0. The summed E-state index contributed by atoms with van der Waals surface area (Å²) in [6.07, 6.45) is 5.07. The number of aryl methyl sites for hydroxylation is 1. The van der Waals surface area contributed by atoms with Crippen molar-refractivity contribution in [3.63, 3.8) is 0 Å². The molecule has 1 heterocycles. The van der Waals surface area contributed by atoms with Crippen molar-refractivity contribution in [3.05, 3.63) is 12.5 Å². The first kappa shape index (κ1) is 13.2. The van der Waals surface area contributed by atoms with Gasteiger partial charge in [0.25, 0.3) is 10.0 Å². The van der Waals surface area contributed by atoms with Gasteiger partial charge in [-0.25, -0.2) is 18.1 Å². The Labute approximate surface area is 106 Å². The predicted octanol–water partition coefficient (Wildman–Crippen LogP) is 0.693. The molecule has 0 unspecified atom stereocenters. The van der Waals surface area contributed by atoms with Crippen molar-refractivity contribution in [2.75, 3.05) is 0 Å². The van der Waals surface area contributed by atoms with Crippen molar-refractivity contribution in [2.45, 2.75) is 50.2 Å². The maximum atomic E-state index is 12.0. The number of carbonyl (C=O) groups is 1. The highest BCUT2D eigenvalue weighted by Gasteiger charge is 2.25. The minimum Gasteiger partial charge on any atom is -0.336 e. The fourth-order valence-corrected chi connectivity index (χ4v) is 3.24. The van der Waals surface area contributed by atoms with E-state index in [0.717, 1.165) is 0 Å². The third-order valence-corrected chi connectivity index (χ3v) is 4.52. The quantitative estimate of drug-likeness (QED) is 0.873. The van der Waals surface area contributed by atoms with E-state index < -0.39 is 10.0 Å². The molecule has 1 saturated carbocycles. The number of hydrogen-bond donors (Lipinski definition) is 1. The van der Waals surface area contributed by atoms with Gasteiger partial charge in [0, 0.05) is 31.6 Å². The topological polar surface area (TPSA) is 81.1 Å². The summed E-state index contributed by atoms with van der Waals surface area (Å²) < 4.78 is 28.4. The second kappa shape index (κ2) is 5.19. The first-order chi connectivity index (χ1) is 8.51. The van der Waals surface area contributed by atoms with Crippen molar-refractivity contribution >= 4 is 15.8 Å². The molecule has 18 heavy (non-hydrogen) atoms. The molecule has 1 aliphatic rings. The molecule has 0 aromatic carbocycles. The first-order valence-corrected chi connectivity index (χ1v) is 7.55. The molecule has 2 rings (SSSR count). The molecule has 0 saturated heterocycles. The number of carbonyl (C=O) groups excluding carboxylic acids is 1. The van der Waals surface area contributed by atoms with Crippen LogP contribution in [0, 0.1) is 0 Å². The number of hydrogen-bond acceptors (Lipinski definition) is 4. The maximum absolute atomic E-state index is 12.0. The van der Waals surface area contributed by atoms with Crippen molar-refractivity contribution in [3.8, 4) is 0 Å². The Kier molecular flexibility index (Phi) is 3.82. The molecule has 1 N–H and O–H groups in total. The zero-order chi connectivity index (χ0) is 13.2. The minimum absolute atomic E-state index is 0.0428. The lowest BCUT2D eigenvalue weighted by Gasteiger charge is -2.21. The molecule has 0 spiro atoms. The molecule has 0 amide bonds. The minimum atomic E-state index is -3.56. The predicted molar refractivity (Wildman–Crippen MR) is 65.5 cm³/mol. The van der Waals surface area contributed by atoms with E-state index in [-0.39, 0.29) is 16.9 Å². The average molecular weight is 271 g/mol. The summed E-state index contributed by atoms with van der Waals surface area (Å²) >= 11 is 0. The molecular formula is C11H17N3O3S. The number of nitrogens with one attached hydrogen (secondary N) is 1. The second-order valence-corrected chi connectivity index (χ2v) is 6.14. The number of sulfonamides is 1. The van der Waals surface area contributed by atoms with Crippen molar-refractivity contribution in [2.24, 2.45) is 0 Å². The molecule has 7 heteroatoms. The van der Waals surface area contributed by atoms with Crippen molar-refractivity contribution in [1.82, 2.24) is 14.3 Å². The second-order valence-electron chi connectivity index (χ2n) is 4.48. The number of aromatic nitrogens is 2. The Morgan fingerprint density at radius 2 is 2.11 bits per heavy atom. The van der Waals surface area contributed by atoms with Gasteiger partial charge in [-0.2, -0.15) is 0 Å². The average Bonchev–Trinajstić information content (AvgIpc) is 2.81. The molecule has 100 valence electrons. The maximum Gasteiger partial charge on any atom is 0.259 e. The first-order valence-electron chi connectivity index (χ1n) is 6.07. The Hall–Kier alpha value is -1.21. The van der Waals surface area contributed by atoms with Crippen LogP contribution in [0.1, 0.15) is 32.6 Å². The van der Waals surface area contributed by atoms with Crippen LogP contribution in [0.15, 0.2) is 17.6 Å². The van der Waals surface area contributed by atoms with Crippen LogP contribution in [-0.2, 0) is 21.4 Å². The van der Waals surface area contributed by atoms with E-state index in [1.807, 2.05) is 6.92 Å². The van der Waals surface area contributed by atoms with Crippen LogP contribution in [0.4, 0.5) is 0 Å². The fraction of sp³-hybridized carbons (Fsp3) is 0.636. The highest BCUT2D eigenvalue weighted by molar-refractivity contribution is 7.89. The van der Waals surface area contributed by atoms with Gasteiger partial charge in [-0.1, -0.05) is 0 Å². The van der Waals surface area contributed by atoms with Crippen LogP contribution in [0.25, 0.3) is 0 Å². The van der Waals surface area contributed by atoms with Gasteiger partial charge in [0.05, 0.1) is 6.33 Å². The van der Waals surface area contributed by atoms with Gasteiger partial charge >= 0.3 is 0 Å². The molecule has 1 aliphatic carbocycles. The Morgan fingerprint density at radius 1 is 1.44 bits per heavy atom. The summed E-state index contributed by atoms with van der Waals surface area (Å²) in [4.78, 5) is 15.0. The number of nitrogens with zero attached hydrogens (tertiary/aromatic N) is 2. The van der Waals surface area contributed by atoms with Gasteiger partial charge in [-0.3, -0.25) is 4.79 Å². The summed E-state index contributed by atoms with van der Waals surface area (Å²) in [6, 6.07) is -0.153. The van der Waals surface area contributed by atoms with Crippen LogP contribution in [0.5, 0.6) is 0 Å². The van der Waals surface area contributed by atoms with Gasteiger partial charge in [0.1, 0.15) is 5.78 Å². The molecule has 0 atom stereocenters. The van der Waals surface area contributed by atoms with E-state index in [1.165, 1.54) is 12.5 Å². The molecule has 1 fully saturated rings. The standard InChI is InChI=1S/C11H17N3O3S/c1-2-14-7-11(12-8-14)18(16,17)13-9-3-5-10(15)6-4-9/h7-9,13H,2-6H2,1H3. The number of rotatable bonds is 4. The lowest BCUT2D eigenvalue weighted by molar-refractivity contribution is -0.120. The molecule has 1 aromatic heterocycles. The van der Waals surface area contributed by atoms with Crippen LogP contribution in [-0.4, -0.2) is 29.8 Å². The summed E-state index contributed by atoms with van der Waals surface area (Å²) in [6.45, 7) is 2.60. The van der Waals surface area contributed by atoms with Crippen molar-refractivity contribution in [1.29, 1.82) is 0 Å². The van der Waals surface area contributed by atoms with Gasteiger partial charge < -0.3 is 4.57 Å². The van der Waals surface area contributed by atoms with Gasteiger partial charge in [-0.05, 0) is 19.8 Å². The van der Waals surface area contributed by atoms with E-state index in [2.05, 4.69) is 9.71 Å². The van der Waals surface area contributed by atoms with E-state index in [1.54, 1.807) is 4.57 Å². The third kappa shape index (κ3) is 2.97. The molecule has 0 radical (unpaired) electrons. The molecule has 0 bridgehead atoms. The van der Waals surface area contributed by atoms with Crippen LogP contribution in [0.3, 0.4) is 0 Å². The number of ketones is 1. The lowest BCUT2D eigenvalue weighted by Crippen LogP contribution is -2.37. The SMILES string of the molecule is CCn1cnc(S(=O)(=O)NC2CCC(=O)CC2)c1. The van der Waals surface area contributed by atoms with Gasteiger partial charge in [0.2, 0.25) is 0 Å². The highest BCUT2D eigenvalue weighted by atomic mass is 32.2. The third-order valence-electron chi connectivity index (χ3n) is 3.12. The Balaban J connectivity index is 2.05. The lowest BCUT2D eigenvalue weighted by atomic mass is 9.95. The molecule has 0 aliphatic heterocycles.